The summed E-state index contributed by atoms with van der Waals surface area (Å²) >= 11 is 1.52. The van der Waals surface area contributed by atoms with E-state index in [2.05, 4.69) is 37.0 Å². The first-order valence-electron chi connectivity index (χ1n) is 9.00. The van der Waals surface area contributed by atoms with E-state index < -0.39 is 0 Å². The van der Waals surface area contributed by atoms with Gasteiger partial charge in [0.05, 0.1) is 5.75 Å². The van der Waals surface area contributed by atoms with Crippen molar-refractivity contribution in [2.45, 2.75) is 29.7 Å². The molecule has 0 bridgehead atoms. The lowest BCUT2D eigenvalue weighted by Gasteiger charge is -2.08. The van der Waals surface area contributed by atoms with E-state index in [1.54, 1.807) is 12.1 Å². The molecule has 0 atom stereocenters. The van der Waals surface area contributed by atoms with Crippen molar-refractivity contribution < 1.29 is 8.91 Å². The lowest BCUT2D eigenvalue weighted by atomic mass is 10.2. The Labute approximate surface area is 164 Å². The van der Waals surface area contributed by atoms with Gasteiger partial charge < -0.3 is 4.52 Å². The number of thioether (sulfide) groups is 1. The van der Waals surface area contributed by atoms with Gasteiger partial charge in [-0.05, 0) is 49.2 Å². The van der Waals surface area contributed by atoms with Gasteiger partial charge in [-0.2, -0.15) is 4.98 Å². The first kappa shape index (κ1) is 17.1. The molecule has 0 radical (unpaired) electrons. The monoisotopic (exact) mass is 393 g/mol. The van der Waals surface area contributed by atoms with E-state index in [4.69, 9.17) is 4.52 Å². The Bertz CT molecular complexity index is 1090. The van der Waals surface area contributed by atoms with Crippen molar-refractivity contribution >= 4 is 11.8 Å². The zero-order chi connectivity index (χ0) is 18.9. The molecule has 2 heterocycles. The molecule has 0 saturated heterocycles. The molecular formula is C20H16FN5OS. The largest absolute Gasteiger partial charge is 0.334 e. The summed E-state index contributed by atoms with van der Waals surface area (Å²) in [4.78, 5) is 4.40. The van der Waals surface area contributed by atoms with Crippen molar-refractivity contribution in [3.8, 4) is 17.1 Å². The first-order chi connectivity index (χ1) is 13.8. The lowest BCUT2D eigenvalue weighted by Crippen LogP contribution is -2.01. The molecule has 5 rings (SSSR count). The van der Waals surface area contributed by atoms with Crippen LogP contribution in [-0.4, -0.2) is 24.9 Å². The maximum Gasteiger partial charge on any atom is 0.257 e. The summed E-state index contributed by atoms with van der Waals surface area (Å²) in [5, 5.41) is 13.6. The van der Waals surface area contributed by atoms with Crippen LogP contribution in [0.15, 0.2) is 64.3 Å². The maximum absolute atomic E-state index is 13.1. The van der Waals surface area contributed by atoms with Crippen LogP contribution in [0.4, 0.5) is 4.39 Å². The molecule has 2 aromatic carbocycles. The van der Waals surface area contributed by atoms with Crippen LogP contribution >= 0.6 is 11.8 Å². The van der Waals surface area contributed by atoms with E-state index in [-0.39, 0.29) is 5.82 Å². The van der Waals surface area contributed by atoms with Gasteiger partial charge in [-0.25, -0.2) is 4.39 Å². The van der Waals surface area contributed by atoms with E-state index in [1.165, 1.54) is 23.9 Å². The highest BCUT2D eigenvalue weighted by Gasteiger charge is 2.31. The highest BCUT2D eigenvalue weighted by atomic mass is 32.2. The number of hydrogen-bond acceptors (Lipinski definition) is 6. The summed E-state index contributed by atoms with van der Waals surface area (Å²) in [6.45, 7) is 0. The average Bonchev–Trinajstić information content (AvgIpc) is 3.31. The second-order valence-corrected chi connectivity index (χ2v) is 7.54. The Balaban J connectivity index is 1.37. The van der Waals surface area contributed by atoms with Gasteiger partial charge in [0.15, 0.2) is 11.0 Å². The molecule has 1 aliphatic rings. The first-order valence-corrected chi connectivity index (χ1v) is 9.98. The number of para-hydroxylation sites is 1. The highest BCUT2D eigenvalue weighted by molar-refractivity contribution is 7.98. The van der Waals surface area contributed by atoms with Crippen molar-refractivity contribution in [2.24, 2.45) is 0 Å². The molecule has 0 aliphatic heterocycles. The van der Waals surface area contributed by atoms with E-state index in [0.717, 1.165) is 29.5 Å². The standard InChI is InChI=1S/C20H16FN5OS/c21-15-10-8-14(9-11-15)19-22-17(25-27-19)12-28-20-24-23-18(13-6-7-13)26(20)16-4-2-1-3-5-16/h1-5,8-11,13H,6-7,12H2. The Kier molecular flexibility index (Phi) is 4.40. The van der Waals surface area contributed by atoms with Crippen molar-refractivity contribution in [3.63, 3.8) is 0 Å². The quantitative estimate of drug-likeness (QED) is 0.445. The molecule has 0 N–H and O–H groups in total. The van der Waals surface area contributed by atoms with E-state index in [1.807, 2.05) is 18.2 Å². The molecule has 4 aromatic rings. The minimum Gasteiger partial charge on any atom is -0.334 e. The number of rotatable bonds is 6. The van der Waals surface area contributed by atoms with Crippen molar-refractivity contribution in [1.82, 2.24) is 24.9 Å². The van der Waals surface area contributed by atoms with Crippen molar-refractivity contribution in [1.29, 1.82) is 0 Å². The van der Waals surface area contributed by atoms with Crippen molar-refractivity contribution in [2.75, 3.05) is 0 Å². The van der Waals surface area contributed by atoms with Crippen LogP contribution in [0.25, 0.3) is 17.1 Å². The summed E-state index contributed by atoms with van der Waals surface area (Å²) in [6.07, 6.45) is 2.31. The number of nitrogens with zero attached hydrogens (tertiary/aromatic N) is 5. The molecule has 140 valence electrons. The van der Waals surface area contributed by atoms with Crippen LogP contribution in [0.1, 0.15) is 30.4 Å². The third-order valence-corrected chi connectivity index (χ3v) is 5.43. The molecular weight excluding hydrogens is 377 g/mol. The van der Waals surface area contributed by atoms with E-state index in [9.17, 15) is 4.39 Å². The molecule has 2 aromatic heterocycles. The molecule has 1 aliphatic carbocycles. The van der Waals surface area contributed by atoms with Crippen LogP contribution in [0.3, 0.4) is 0 Å². The number of halogens is 1. The normalized spacial score (nSPS) is 13.8. The summed E-state index contributed by atoms with van der Waals surface area (Å²) in [5.74, 6) is 2.62. The molecule has 0 amide bonds. The van der Waals surface area contributed by atoms with Gasteiger partial charge in [-0.1, -0.05) is 35.1 Å². The minimum atomic E-state index is -0.300. The SMILES string of the molecule is Fc1ccc(-c2nc(CSc3nnc(C4CC4)n3-c3ccccc3)no2)cc1. The molecule has 0 spiro atoms. The summed E-state index contributed by atoms with van der Waals surface area (Å²) in [5.41, 5.74) is 1.74. The fraction of sp³-hybridized carbons (Fsp3) is 0.200. The Morgan fingerprint density at radius 1 is 1.04 bits per heavy atom. The number of aromatic nitrogens is 5. The second kappa shape index (κ2) is 7.20. The van der Waals surface area contributed by atoms with Gasteiger partial charge in [-0.15, -0.1) is 10.2 Å². The third-order valence-electron chi connectivity index (χ3n) is 4.50. The summed E-state index contributed by atoms with van der Waals surface area (Å²) in [7, 11) is 0. The fourth-order valence-corrected chi connectivity index (χ4v) is 3.75. The second-order valence-electron chi connectivity index (χ2n) is 6.60. The van der Waals surface area contributed by atoms with E-state index >= 15 is 0 Å². The third kappa shape index (κ3) is 3.43. The molecule has 6 nitrogen and oxygen atoms in total. The Hall–Kier alpha value is -3.00. The fourth-order valence-electron chi connectivity index (χ4n) is 2.95. The van der Waals surface area contributed by atoms with Crippen LogP contribution in [0.5, 0.6) is 0 Å². The van der Waals surface area contributed by atoms with Gasteiger partial charge in [-0.3, -0.25) is 4.57 Å². The van der Waals surface area contributed by atoms with Gasteiger partial charge >= 0.3 is 0 Å². The predicted octanol–water partition coefficient (Wildman–Crippen LogP) is 4.63. The van der Waals surface area contributed by atoms with Crippen LogP contribution in [-0.2, 0) is 5.75 Å². The molecule has 28 heavy (non-hydrogen) atoms. The highest BCUT2D eigenvalue weighted by Crippen LogP contribution is 2.41. The summed E-state index contributed by atoms with van der Waals surface area (Å²) in [6, 6.07) is 16.1. The van der Waals surface area contributed by atoms with Crippen LogP contribution in [0, 0.1) is 5.82 Å². The molecule has 1 fully saturated rings. The van der Waals surface area contributed by atoms with Crippen molar-refractivity contribution in [3.05, 3.63) is 72.1 Å². The maximum atomic E-state index is 13.1. The van der Waals surface area contributed by atoms with E-state index in [0.29, 0.717) is 28.9 Å². The van der Waals surface area contributed by atoms with Gasteiger partial charge in [0.2, 0.25) is 0 Å². The molecule has 0 unspecified atom stereocenters. The van der Waals surface area contributed by atoms with Crippen LogP contribution < -0.4 is 0 Å². The lowest BCUT2D eigenvalue weighted by molar-refractivity contribution is 0.425. The van der Waals surface area contributed by atoms with Gasteiger partial charge in [0, 0.05) is 17.2 Å². The summed E-state index contributed by atoms with van der Waals surface area (Å²) < 4.78 is 20.5. The predicted molar refractivity (Wildman–Crippen MR) is 103 cm³/mol. The number of hydrogen-bond donors (Lipinski definition) is 0. The smallest absolute Gasteiger partial charge is 0.257 e. The number of benzene rings is 2. The van der Waals surface area contributed by atoms with Crippen LogP contribution in [0.2, 0.25) is 0 Å². The average molecular weight is 393 g/mol. The topological polar surface area (TPSA) is 69.6 Å². The van der Waals surface area contributed by atoms with Gasteiger partial charge in [0.25, 0.3) is 5.89 Å². The zero-order valence-electron chi connectivity index (χ0n) is 14.8. The molecule has 1 saturated carbocycles. The Morgan fingerprint density at radius 3 is 2.57 bits per heavy atom. The Morgan fingerprint density at radius 2 is 1.82 bits per heavy atom. The minimum absolute atomic E-state index is 0.300. The van der Waals surface area contributed by atoms with Gasteiger partial charge in [0.1, 0.15) is 11.6 Å². The zero-order valence-corrected chi connectivity index (χ0v) is 15.6. The molecule has 8 heteroatoms.